The summed E-state index contributed by atoms with van der Waals surface area (Å²) in [5.41, 5.74) is 0.717. The zero-order valence-corrected chi connectivity index (χ0v) is 32.9. The van der Waals surface area contributed by atoms with Crippen molar-refractivity contribution >= 4 is 36.2 Å². The van der Waals surface area contributed by atoms with Gasteiger partial charge in [-0.05, 0) is 36.8 Å². The summed E-state index contributed by atoms with van der Waals surface area (Å²) in [6.07, 6.45) is 2.55. The maximum absolute atomic E-state index is 11.3. The van der Waals surface area contributed by atoms with E-state index in [9.17, 15) is 40.2 Å². The van der Waals surface area contributed by atoms with E-state index in [1.165, 1.54) is 38.4 Å². The van der Waals surface area contributed by atoms with E-state index in [-0.39, 0.29) is 161 Å². The minimum atomic E-state index is -1.43. The standard InChI is InChI=1S/2C12H14N2O4.2Cu.Mn.18H2O/c2*1-8(12(18)14-7-11(16)17)13-6-9-4-2-3-5-10(9)15;;;;;;;;;;;;;;;;;;;;;/h2*2-6,8,15H,7H2,1H3,(H,14,18)(H,16,17);;;;18*1H2/q;;3*+2;;;;;;;;;;;;;;;;;;/t2*8-;;;;;;;;;;;;;;;;;;;;;/m10...................../s1. The van der Waals surface area contributed by atoms with Crippen molar-refractivity contribution in [3.63, 3.8) is 0 Å². The fraction of sp³-hybridized carbons (Fsp3) is 0.250. The van der Waals surface area contributed by atoms with Crippen LogP contribution in [0.4, 0.5) is 0 Å². The number of carbonyl (C=O) groups excluding carboxylic acids is 2. The fourth-order valence-corrected chi connectivity index (χ4v) is 2.24. The van der Waals surface area contributed by atoms with Gasteiger partial charge < -0.3 is 139 Å². The monoisotopic (exact) mass is 1010 g/mol. The van der Waals surface area contributed by atoms with Gasteiger partial charge in [-0.2, -0.15) is 0 Å². The van der Waals surface area contributed by atoms with E-state index in [1.807, 2.05) is 0 Å². The number of aliphatic carboxylic acids is 2. The Balaban J connectivity index is -0.0000000175. The van der Waals surface area contributed by atoms with Crippen LogP contribution in [0.2, 0.25) is 0 Å². The van der Waals surface area contributed by atoms with Crippen LogP contribution < -0.4 is 30.6 Å². The van der Waals surface area contributed by atoms with Crippen LogP contribution in [0.1, 0.15) is 25.0 Å². The summed E-state index contributed by atoms with van der Waals surface area (Å²) in [4.78, 5) is 34.5. The first-order valence-corrected chi connectivity index (χ1v) is 10.4. The summed E-state index contributed by atoms with van der Waals surface area (Å²) < 4.78 is 0. The number of carbonyl (C=O) groups is 2. The molecule has 0 aliphatic rings. The van der Waals surface area contributed by atoms with E-state index in [1.54, 1.807) is 36.4 Å². The third-order valence-corrected chi connectivity index (χ3v) is 4.16. The Labute approximate surface area is 355 Å². The van der Waals surface area contributed by atoms with Gasteiger partial charge in [-0.1, -0.05) is 48.5 Å². The summed E-state index contributed by atoms with van der Waals surface area (Å²) in [6, 6.07) is 10.8. The first-order chi connectivity index (χ1) is 17.0. The van der Waals surface area contributed by atoms with Crippen molar-refractivity contribution in [2.75, 3.05) is 13.1 Å². The molecule has 33 heteroatoms. The minimum Gasteiger partial charge on any atom is -0.872 e. The van der Waals surface area contributed by atoms with Gasteiger partial charge in [0, 0.05) is 12.4 Å². The second-order valence-electron chi connectivity index (χ2n) is 7.04. The van der Waals surface area contributed by atoms with Gasteiger partial charge in [0.15, 0.2) is 0 Å². The molecule has 2 aromatic carbocycles. The maximum atomic E-state index is 11.3. The number of hydrogen-bond donors (Lipinski definition) is 0. The van der Waals surface area contributed by atoms with E-state index < -0.39 is 48.9 Å². The Kier molecular flexibility index (Phi) is 188. The van der Waals surface area contributed by atoms with Gasteiger partial charge in [0.1, 0.15) is 0 Å². The second-order valence-corrected chi connectivity index (χ2v) is 7.04. The normalized spacial score (nSPS) is 8.67. The molecule has 0 amide bonds. The molecule has 2 rings (SSSR count). The first-order valence-electron chi connectivity index (χ1n) is 10.4. The van der Waals surface area contributed by atoms with E-state index in [0.717, 1.165) is 0 Å². The Bertz CT molecular complexity index is 1100. The van der Waals surface area contributed by atoms with Crippen molar-refractivity contribution in [2.24, 2.45) is 20.0 Å². The SMILES string of the molecule is C[C@@H](N=Cc1ccccc1[O-])C([O-])=NCC(=O)[O-].C[C@H](N=Cc1ccccc1[O-])C([O-])=NCC(=O)[O-].O.O.O.O.O.O.O.O.O.O.O.O.[Cu+2].[Cu+2].[Mn+2].[OH3+].[OH3+].[OH3+].[OH3+].[OH3+].[OH3+]. The van der Waals surface area contributed by atoms with Gasteiger partial charge >= 0.3 is 51.2 Å². The van der Waals surface area contributed by atoms with Gasteiger partial charge in [0.05, 0.1) is 37.1 Å². The summed E-state index contributed by atoms with van der Waals surface area (Å²) in [7, 11) is 0. The largest absolute Gasteiger partial charge is 2.00 e. The van der Waals surface area contributed by atoms with Gasteiger partial charge in [-0.3, -0.25) is 20.0 Å². The van der Waals surface area contributed by atoms with Crippen LogP contribution in [-0.4, -0.2) is 127 Å². The van der Waals surface area contributed by atoms with Crippen molar-refractivity contribution < 1.29 is 190 Å². The van der Waals surface area contributed by atoms with Crippen molar-refractivity contribution in [3.05, 3.63) is 59.7 Å². The van der Waals surface area contributed by atoms with Crippen LogP contribution in [0.15, 0.2) is 68.5 Å². The van der Waals surface area contributed by atoms with Crippen LogP contribution >= 0.6 is 0 Å². The van der Waals surface area contributed by atoms with Crippen molar-refractivity contribution in [3.8, 4) is 11.5 Å². The molecule has 0 saturated heterocycles. The van der Waals surface area contributed by atoms with Crippen molar-refractivity contribution in [2.45, 2.75) is 25.9 Å². The van der Waals surface area contributed by atoms with E-state index >= 15 is 0 Å². The molecule has 0 spiro atoms. The molecule has 30 nitrogen and oxygen atoms in total. The molecular formula is C24H64Cu2MnN4O26+6. The van der Waals surface area contributed by atoms with Crippen molar-refractivity contribution in [1.29, 1.82) is 0 Å². The number of rotatable bonds is 10. The number of para-hydroxylation sites is 2. The van der Waals surface area contributed by atoms with Gasteiger partial charge in [-0.15, -0.1) is 11.5 Å². The minimum absolute atomic E-state index is 0. The van der Waals surface area contributed by atoms with Crippen molar-refractivity contribution in [1.82, 2.24) is 0 Å². The molecule has 0 aromatic heterocycles. The third-order valence-electron chi connectivity index (χ3n) is 4.16. The van der Waals surface area contributed by atoms with Gasteiger partial charge in [-0.25, -0.2) is 0 Å². The quantitative estimate of drug-likeness (QED) is 0.0950. The molecule has 0 aliphatic carbocycles. The molecule has 0 unspecified atom stereocenters. The van der Waals surface area contributed by atoms with Crippen LogP contribution in [-0.2, 0) is 93.7 Å². The average molecular weight is 1010 g/mol. The number of benzene rings is 2. The molecule has 0 bridgehead atoms. The Morgan fingerprint density at radius 2 is 0.719 bits per heavy atom. The number of aliphatic imine (C=N–C) groups is 4. The molecule has 359 valence electrons. The van der Waals surface area contributed by atoms with E-state index in [0.29, 0.717) is 11.1 Å². The third kappa shape index (κ3) is 61.5. The summed E-state index contributed by atoms with van der Waals surface area (Å²) in [6.45, 7) is 1.56. The molecule has 2 aromatic rings. The molecule has 3 radical (unpaired) electrons. The van der Waals surface area contributed by atoms with Crippen LogP contribution in [0.3, 0.4) is 0 Å². The number of carboxylic acid groups (broad SMARTS) is 2. The van der Waals surface area contributed by atoms with E-state index in [4.69, 9.17) is 0 Å². The second kappa shape index (κ2) is 76.8. The zero-order valence-electron chi connectivity index (χ0n) is 29.8. The van der Waals surface area contributed by atoms with E-state index in [2.05, 4.69) is 20.0 Å². The smallest absolute Gasteiger partial charge is 0.872 e. The average Bonchev–Trinajstić information content (AvgIpc) is 2.84. The topological polar surface area (TPSA) is 798 Å². The van der Waals surface area contributed by atoms with Gasteiger partial charge in [0.25, 0.3) is 0 Å². The predicted octanol–water partition coefficient (Wildman–Crippen LogP) is -19.3. The number of nitrogens with zero attached hydrogens (tertiary/aromatic N) is 4. The van der Waals surface area contributed by atoms with Crippen LogP contribution in [0, 0.1) is 0 Å². The Morgan fingerprint density at radius 3 is 0.912 bits per heavy atom. The summed E-state index contributed by atoms with van der Waals surface area (Å²) in [5, 5.41) is 65.5. The Hall–Kier alpha value is -3.90. The van der Waals surface area contributed by atoms with Crippen LogP contribution in [0.25, 0.3) is 0 Å². The number of hydrogen-bond acceptors (Lipinski definition) is 12. The predicted molar refractivity (Wildman–Crippen MR) is 193 cm³/mol. The van der Waals surface area contributed by atoms with Crippen LogP contribution in [0.5, 0.6) is 11.5 Å². The molecule has 2 atom stereocenters. The van der Waals surface area contributed by atoms with Gasteiger partial charge in [0.2, 0.25) is 0 Å². The maximum Gasteiger partial charge on any atom is 2.00 e. The molecule has 0 fully saturated rings. The molecule has 0 aliphatic heterocycles. The Morgan fingerprint density at radius 1 is 0.509 bits per heavy atom. The fourth-order valence-electron chi connectivity index (χ4n) is 2.24. The molecule has 42 N–H and O–H groups in total. The number of carboxylic acids is 2. The molecule has 57 heavy (non-hydrogen) atoms. The molecule has 0 heterocycles. The first kappa shape index (κ1) is 140. The molecular weight excluding hydrogens is 942 g/mol. The molecule has 0 saturated carbocycles. The zero-order chi connectivity index (χ0) is 27.1. The summed E-state index contributed by atoms with van der Waals surface area (Å²) in [5.74, 6) is -4.59. The summed E-state index contributed by atoms with van der Waals surface area (Å²) >= 11 is 0.